The van der Waals surface area contributed by atoms with Crippen LogP contribution in [0.15, 0.2) is 22.7 Å². The number of benzene rings is 1. The Bertz CT molecular complexity index is 462. The van der Waals surface area contributed by atoms with Crippen LogP contribution in [0, 0.1) is 5.82 Å². The Morgan fingerprint density at radius 1 is 1.61 bits per heavy atom. The van der Waals surface area contributed by atoms with E-state index in [0.717, 1.165) is 12.8 Å². The molecule has 1 atom stereocenters. The van der Waals surface area contributed by atoms with Gasteiger partial charge in [0.1, 0.15) is 5.82 Å². The molecule has 1 unspecified atom stereocenters. The molecule has 1 aromatic rings. The van der Waals surface area contributed by atoms with Gasteiger partial charge in [0.2, 0.25) is 0 Å². The Balaban J connectivity index is 2.21. The van der Waals surface area contributed by atoms with E-state index in [0.29, 0.717) is 10.0 Å². The van der Waals surface area contributed by atoms with Crippen LogP contribution >= 0.6 is 15.9 Å². The molecule has 0 bridgehead atoms. The van der Waals surface area contributed by atoms with E-state index in [9.17, 15) is 9.18 Å². The SMILES string of the molecule is CC(c1ccc(Br)cc1F)N(CC(=O)O)C1CC1. The smallest absolute Gasteiger partial charge is 0.317 e. The molecule has 0 aliphatic heterocycles. The van der Waals surface area contributed by atoms with Gasteiger partial charge < -0.3 is 5.11 Å². The molecular weight excluding hydrogens is 301 g/mol. The molecule has 0 saturated heterocycles. The normalized spacial score (nSPS) is 16.9. The summed E-state index contributed by atoms with van der Waals surface area (Å²) in [6, 6.07) is 4.96. The number of carbonyl (C=O) groups is 1. The number of carboxylic acid groups (broad SMARTS) is 1. The van der Waals surface area contributed by atoms with E-state index >= 15 is 0 Å². The molecule has 0 radical (unpaired) electrons. The van der Waals surface area contributed by atoms with Gasteiger partial charge in [-0.3, -0.25) is 9.69 Å². The molecule has 3 nitrogen and oxygen atoms in total. The molecule has 1 fully saturated rings. The predicted molar refractivity (Wildman–Crippen MR) is 69.9 cm³/mol. The van der Waals surface area contributed by atoms with Gasteiger partial charge in [-0.05, 0) is 31.9 Å². The second-order valence-electron chi connectivity index (χ2n) is 4.64. The summed E-state index contributed by atoms with van der Waals surface area (Å²) in [4.78, 5) is 12.7. The fourth-order valence-corrected chi connectivity index (χ4v) is 2.50. The number of rotatable bonds is 5. The van der Waals surface area contributed by atoms with Crippen LogP contribution in [0.5, 0.6) is 0 Å². The third-order valence-corrected chi connectivity index (χ3v) is 3.74. The Hall–Kier alpha value is -0.940. The minimum Gasteiger partial charge on any atom is -0.480 e. The van der Waals surface area contributed by atoms with Crippen molar-refractivity contribution < 1.29 is 14.3 Å². The maximum Gasteiger partial charge on any atom is 0.317 e. The second kappa shape index (κ2) is 5.36. The molecule has 1 N–H and O–H groups in total. The Kier molecular flexibility index (Phi) is 4.02. The maximum absolute atomic E-state index is 13.9. The van der Waals surface area contributed by atoms with Crippen molar-refractivity contribution in [1.82, 2.24) is 4.90 Å². The molecule has 0 amide bonds. The van der Waals surface area contributed by atoms with Crippen LogP contribution in [0.2, 0.25) is 0 Å². The Morgan fingerprint density at radius 2 is 2.28 bits per heavy atom. The van der Waals surface area contributed by atoms with Gasteiger partial charge in [0.05, 0.1) is 6.54 Å². The van der Waals surface area contributed by atoms with Crippen LogP contribution in [0.4, 0.5) is 4.39 Å². The lowest BCUT2D eigenvalue weighted by molar-refractivity contribution is -0.139. The third-order valence-electron chi connectivity index (χ3n) is 3.24. The third kappa shape index (κ3) is 3.09. The lowest BCUT2D eigenvalue weighted by atomic mass is 10.1. The number of nitrogens with zero attached hydrogens (tertiary/aromatic N) is 1. The zero-order valence-electron chi connectivity index (χ0n) is 10.1. The Morgan fingerprint density at radius 3 is 2.78 bits per heavy atom. The fourth-order valence-electron chi connectivity index (χ4n) is 2.16. The summed E-state index contributed by atoms with van der Waals surface area (Å²) >= 11 is 3.22. The standard InChI is InChI=1S/C13H15BrFNO2/c1-8(11-5-2-9(14)6-12(11)15)16(7-13(17)18)10-3-4-10/h2,5-6,8,10H,3-4,7H2,1H3,(H,17,18). The van der Waals surface area contributed by atoms with Gasteiger partial charge >= 0.3 is 5.97 Å². The molecule has 1 saturated carbocycles. The quantitative estimate of drug-likeness (QED) is 0.907. The van der Waals surface area contributed by atoms with Gasteiger partial charge in [-0.25, -0.2) is 4.39 Å². The van der Waals surface area contributed by atoms with E-state index in [4.69, 9.17) is 5.11 Å². The first kappa shape index (κ1) is 13.5. The van der Waals surface area contributed by atoms with E-state index in [1.165, 1.54) is 6.07 Å². The summed E-state index contributed by atoms with van der Waals surface area (Å²) in [5, 5.41) is 8.93. The van der Waals surface area contributed by atoms with Crippen LogP contribution in [0.1, 0.15) is 31.4 Å². The summed E-state index contributed by atoms with van der Waals surface area (Å²) in [6.45, 7) is 1.81. The molecule has 0 spiro atoms. The summed E-state index contributed by atoms with van der Waals surface area (Å²) in [5.41, 5.74) is 0.548. The highest BCUT2D eigenvalue weighted by molar-refractivity contribution is 9.10. The molecular formula is C13H15BrFNO2. The van der Waals surface area contributed by atoms with Gasteiger partial charge in [-0.1, -0.05) is 22.0 Å². The highest BCUT2D eigenvalue weighted by Crippen LogP contribution is 2.35. The minimum absolute atomic E-state index is 0.0403. The lowest BCUT2D eigenvalue weighted by Crippen LogP contribution is -2.34. The number of hydrogen-bond donors (Lipinski definition) is 1. The van der Waals surface area contributed by atoms with Crippen molar-refractivity contribution in [3.63, 3.8) is 0 Å². The summed E-state index contributed by atoms with van der Waals surface area (Å²) in [6.07, 6.45) is 1.99. The van der Waals surface area contributed by atoms with E-state index in [-0.39, 0.29) is 24.4 Å². The van der Waals surface area contributed by atoms with Crippen LogP contribution in [0.25, 0.3) is 0 Å². The second-order valence-corrected chi connectivity index (χ2v) is 5.55. The molecule has 1 aliphatic carbocycles. The monoisotopic (exact) mass is 315 g/mol. The maximum atomic E-state index is 13.9. The van der Waals surface area contributed by atoms with Crippen molar-refractivity contribution in [2.45, 2.75) is 31.8 Å². The van der Waals surface area contributed by atoms with Crippen molar-refractivity contribution in [3.05, 3.63) is 34.1 Å². The molecule has 0 heterocycles. The highest BCUT2D eigenvalue weighted by atomic mass is 79.9. The van der Waals surface area contributed by atoms with Gasteiger partial charge in [0, 0.05) is 22.1 Å². The lowest BCUT2D eigenvalue weighted by Gasteiger charge is -2.28. The van der Waals surface area contributed by atoms with Crippen molar-refractivity contribution >= 4 is 21.9 Å². The molecule has 0 aromatic heterocycles. The average molecular weight is 316 g/mol. The van der Waals surface area contributed by atoms with Crippen LogP contribution in [-0.4, -0.2) is 28.6 Å². The zero-order chi connectivity index (χ0) is 13.3. The van der Waals surface area contributed by atoms with Crippen LogP contribution in [-0.2, 0) is 4.79 Å². The highest BCUT2D eigenvalue weighted by Gasteiger charge is 2.34. The number of halogens is 2. The summed E-state index contributed by atoms with van der Waals surface area (Å²) in [5.74, 6) is -1.17. The van der Waals surface area contributed by atoms with Crippen LogP contribution in [0.3, 0.4) is 0 Å². The Labute approximate surface area is 114 Å². The number of carboxylic acids is 1. The van der Waals surface area contributed by atoms with E-state index in [2.05, 4.69) is 15.9 Å². The van der Waals surface area contributed by atoms with Gasteiger partial charge in [-0.2, -0.15) is 0 Å². The van der Waals surface area contributed by atoms with Crippen molar-refractivity contribution in [3.8, 4) is 0 Å². The van der Waals surface area contributed by atoms with Gasteiger partial charge in [0.15, 0.2) is 0 Å². The first-order chi connectivity index (χ1) is 8.49. The zero-order valence-corrected chi connectivity index (χ0v) is 11.7. The topological polar surface area (TPSA) is 40.5 Å². The fraction of sp³-hybridized carbons (Fsp3) is 0.462. The predicted octanol–water partition coefficient (Wildman–Crippen LogP) is 3.20. The van der Waals surface area contributed by atoms with Gasteiger partial charge in [-0.15, -0.1) is 0 Å². The minimum atomic E-state index is -0.869. The molecule has 18 heavy (non-hydrogen) atoms. The first-order valence-corrected chi connectivity index (χ1v) is 6.71. The van der Waals surface area contributed by atoms with Crippen molar-refractivity contribution in [2.24, 2.45) is 0 Å². The number of aliphatic carboxylic acids is 1. The largest absolute Gasteiger partial charge is 0.480 e. The van der Waals surface area contributed by atoms with Gasteiger partial charge in [0.25, 0.3) is 0 Å². The van der Waals surface area contributed by atoms with E-state index in [1.54, 1.807) is 12.1 Å². The van der Waals surface area contributed by atoms with Crippen molar-refractivity contribution in [2.75, 3.05) is 6.54 Å². The van der Waals surface area contributed by atoms with E-state index in [1.807, 2.05) is 11.8 Å². The molecule has 1 aromatic carbocycles. The van der Waals surface area contributed by atoms with E-state index < -0.39 is 5.97 Å². The molecule has 98 valence electrons. The van der Waals surface area contributed by atoms with Crippen molar-refractivity contribution in [1.29, 1.82) is 0 Å². The summed E-state index contributed by atoms with van der Waals surface area (Å²) in [7, 11) is 0. The molecule has 5 heteroatoms. The first-order valence-electron chi connectivity index (χ1n) is 5.91. The number of hydrogen-bond acceptors (Lipinski definition) is 2. The van der Waals surface area contributed by atoms with Crippen LogP contribution < -0.4 is 0 Å². The molecule has 2 rings (SSSR count). The average Bonchev–Trinajstić information content (AvgIpc) is 3.08. The molecule has 1 aliphatic rings. The summed E-state index contributed by atoms with van der Waals surface area (Å²) < 4.78 is 14.6.